The van der Waals surface area contributed by atoms with Gasteiger partial charge in [-0.15, -0.1) is 0 Å². The lowest BCUT2D eigenvalue weighted by Crippen LogP contribution is -2.36. The van der Waals surface area contributed by atoms with Gasteiger partial charge in [0.25, 0.3) is 0 Å². The van der Waals surface area contributed by atoms with Crippen molar-refractivity contribution in [3.8, 4) is 16.8 Å². The van der Waals surface area contributed by atoms with Crippen LogP contribution in [0.2, 0.25) is 0 Å². The molecule has 3 N–H and O–H groups in total. The lowest BCUT2D eigenvalue weighted by atomic mass is 9.92. The van der Waals surface area contributed by atoms with Gasteiger partial charge in [0.15, 0.2) is 0 Å². The number of fused-ring (bicyclic) bond motifs is 1. The van der Waals surface area contributed by atoms with E-state index in [1.54, 1.807) is 23.0 Å². The van der Waals surface area contributed by atoms with Gasteiger partial charge < -0.3 is 5.73 Å². The number of benzene rings is 3. The first-order valence-electron chi connectivity index (χ1n) is 12.9. The van der Waals surface area contributed by atoms with Crippen molar-refractivity contribution in [2.75, 3.05) is 13.1 Å². The molecule has 6 rings (SSSR count). The van der Waals surface area contributed by atoms with Gasteiger partial charge >= 0.3 is 0 Å². The minimum atomic E-state index is -0.783. The number of nitrogens with two attached hydrogens (primary N) is 1. The third-order valence-electron chi connectivity index (χ3n) is 7.47. The fourth-order valence-corrected chi connectivity index (χ4v) is 5.53. The summed E-state index contributed by atoms with van der Waals surface area (Å²) in [5, 5.41) is 3.20. The SMILES string of the molecule is NCc1cccc(-n2cnc3c2C(=O)C(c2ccc(-c4ccccc4CN4CCCC4)cc2F)NC3)c1. The summed E-state index contributed by atoms with van der Waals surface area (Å²) in [6.45, 7) is 3.86. The first kappa shape index (κ1) is 23.7. The largest absolute Gasteiger partial charge is 0.326 e. The normalized spacial score (nSPS) is 17.8. The highest BCUT2D eigenvalue weighted by atomic mass is 19.1. The van der Waals surface area contributed by atoms with Crippen LogP contribution in [-0.2, 0) is 19.6 Å². The summed E-state index contributed by atoms with van der Waals surface area (Å²) in [7, 11) is 0. The highest BCUT2D eigenvalue weighted by Gasteiger charge is 2.34. The zero-order chi connectivity index (χ0) is 25.4. The molecule has 0 bridgehead atoms. The van der Waals surface area contributed by atoms with Crippen LogP contribution in [0, 0.1) is 5.82 Å². The average Bonchev–Trinajstić information content (AvgIpc) is 3.60. The molecular formula is C30H30FN5O. The van der Waals surface area contributed by atoms with E-state index in [1.807, 2.05) is 48.5 Å². The zero-order valence-electron chi connectivity index (χ0n) is 20.7. The second-order valence-electron chi connectivity index (χ2n) is 9.84. The maximum absolute atomic E-state index is 15.6. The molecule has 1 atom stereocenters. The van der Waals surface area contributed by atoms with E-state index in [4.69, 9.17) is 5.73 Å². The third-order valence-corrected chi connectivity index (χ3v) is 7.47. The van der Waals surface area contributed by atoms with Crippen LogP contribution < -0.4 is 11.1 Å². The fourth-order valence-electron chi connectivity index (χ4n) is 5.53. The number of ketones is 1. The van der Waals surface area contributed by atoms with Crippen LogP contribution in [0.25, 0.3) is 16.8 Å². The van der Waals surface area contributed by atoms with Crippen molar-refractivity contribution in [3.05, 3.63) is 107 Å². The second-order valence-corrected chi connectivity index (χ2v) is 9.84. The number of rotatable bonds is 6. The minimum absolute atomic E-state index is 0.196. The summed E-state index contributed by atoms with van der Waals surface area (Å²) < 4.78 is 17.4. The van der Waals surface area contributed by atoms with E-state index < -0.39 is 6.04 Å². The van der Waals surface area contributed by atoms with Gasteiger partial charge in [-0.2, -0.15) is 0 Å². The molecule has 4 aromatic rings. The van der Waals surface area contributed by atoms with Crippen LogP contribution >= 0.6 is 0 Å². The van der Waals surface area contributed by atoms with Crippen LogP contribution in [0.1, 0.15) is 51.8 Å². The molecule has 3 aromatic carbocycles. The number of nitrogens with zero attached hydrogens (tertiary/aromatic N) is 3. The summed E-state index contributed by atoms with van der Waals surface area (Å²) in [5.41, 5.74) is 12.1. The standard InChI is InChI=1S/C30H30FN5O/c31-26-15-21(24-9-2-1-7-22(24)18-35-12-3-4-13-35)10-11-25(26)28-30(37)29-27(17-33-28)34-19-36(29)23-8-5-6-20(14-23)16-32/h1-2,5-11,14-15,19,28,33H,3-4,12-13,16-18,32H2. The van der Waals surface area contributed by atoms with Gasteiger partial charge in [-0.25, -0.2) is 9.37 Å². The predicted octanol–water partition coefficient (Wildman–Crippen LogP) is 4.76. The van der Waals surface area contributed by atoms with Crippen molar-refractivity contribution in [3.63, 3.8) is 0 Å². The number of likely N-dealkylation sites (tertiary alicyclic amines) is 1. The number of hydrogen-bond donors (Lipinski definition) is 2. The van der Waals surface area contributed by atoms with E-state index in [0.717, 1.165) is 42.0 Å². The quantitative estimate of drug-likeness (QED) is 0.403. The molecule has 0 amide bonds. The Morgan fingerprint density at radius 2 is 1.86 bits per heavy atom. The molecule has 188 valence electrons. The number of carbonyl (C=O) groups is 1. The molecule has 1 aromatic heterocycles. The van der Waals surface area contributed by atoms with Crippen LogP contribution in [0.4, 0.5) is 4.39 Å². The smallest absolute Gasteiger partial charge is 0.203 e. The summed E-state index contributed by atoms with van der Waals surface area (Å²) in [4.78, 5) is 20.5. The van der Waals surface area contributed by atoms with Crippen molar-refractivity contribution in [1.82, 2.24) is 19.8 Å². The summed E-state index contributed by atoms with van der Waals surface area (Å²) in [5.74, 6) is -0.586. The zero-order valence-corrected chi connectivity index (χ0v) is 20.7. The molecule has 1 saturated heterocycles. The van der Waals surface area contributed by atoms with E-state index >= 15 is 4.39 Å². The Morgan fingerprint density at radius 3 is 2.68 bits per heavy atom. The average molecular weight is 496 g/mol. The van der Waals surface area contributed by atoms with Gasteiger partial charge in [-0.1, -0.05) is 48.5 Å². The van der Waals surface area contributed by atoms with Gasteiger partial charge in [0.1, 0.15) is 23.9 Å². The Hall–Kier alpha value is -3.65. The monoisotopic (exact) mass is 495 g/mol. The fraction of sp³-hybridized carbons (Fsp3) is 0.267. The van der Waals surface area contributed by atoms with Gasteiger partial charge in [-0.3, -0.25) is 19.6 Å². The number of Topliss-reactive ketones (excluding diaryl/α,β-unsaturated/α-hetero) is 1. The lowest BCUT2D eigenvalue weighted by Gasteiger charge is -2.24. The molecule has 0 radical (unpaired) electrons. The number of hydrogen-bond acceptors (Lipinski definition) is 5. The second kappa shape index (κ2) is 10.0. The Kier molecular flexibility index (Phi) is 6.42. The van der Waals surface area contributed by atoms with Gasteiger partial charge in [0.05, 0.1) is 5.69 Å². The van der Waals surface area contributed by atoms with Gasteiger partial charge in [0.2, 0.25) is 5.78 Å². The molecule has 2 aliphatic heterocycles. The summed E-state index contributed by atoms with van der Waals surface area (Å²) in [6.07, 6.45) is 4.11. The Bertz CT molecular complexity index is 1460. The maximum Gasteiger partial charge on any atom is 0.203 e. The Labute approximate surface area is 215 Å². The Balaban J connectivity index is 1.30. The van der Waals surface area contributed by atoms with Crippen LogP contribution in [0.5, 0.6) is 0 Å². The highest BCUT2D eigenvalue weighted by Crippen LogP contribution is 2.32. The highest BCUT2D eigenvalue weighted by molar-refractivity contribution is 6.01. The van der Waals surface area contributed by atoms with Crippen molar-refractivity contribution in [2.24, 2.45) is 5.73 Å². The first-order chi connectivity index (χ1) is 18.1. The van der Waals surface area contributed by atoms with E-state index in [9.17, 15) is 4.79 Å². The summed E-state index contributed by atoms with van der Waals surface area (Å²) in [6, 6.07) is 20.4. The van der Waals surface area contributed by atoms with Crippen molar-refractivity contribution in [2.45, 2.75) is 38.5 Å². The molecule has 0 saturated carbocycles. The van der Waals surface area contributed by atoms with Crippen LogP contribution in [-0.4, -0.2) is 33.3 Å². The van der Waals surface area contributed by atoms with E-state index in [0.29, 0.717) is 30.0 Å². The first-order valence-corrected chi connectivity index (χ1v) is 12.9. The predicted molar refractivity (Wildman–Crippen MR) is 142 cm³/mol. The van der Waals surface area contributed by atoms with Crippen molar-refractivity contribution >= 4 is 5.78 Å². The van der Waals surface area contributed by atoms with E-state index in [-0.39, 0.29) is 11.6 Å². The number of nitrogens with one attached hydrogen (secondary N) is 1. The molecule has 6 nitrogen and oxygen atoms in total. The van der Waals surface area contributed by atoms with Crippen LogP contribution in [0.15, 0.2) is 73.1 Å². The molecule has 2 aliphatic rings. The number of carbonyl (C=O) groups excluding carboxylic acids is 1. The van der Waals surface area contributed by atoms with Gasteiger partial charge in [-0.05, 0) is 66.4 Å². The Morgan fingerprint density at radius 1 is 1.03 bits per heavy atom. The maximum atomic E-state index is 15.6. The molecule has 0 spiro atoms. The minimum Gasteiger partial charge on any atom is -0.326 e. The topological polar surface area (TPSA) is 76.2 Å². The van der Waals surface area contributed by atoms with E-state index in [1.165, 1.54) is 18.4 Å². The molecular weight excluding hydrogens is 465 g/mol. The van der Waals surface area contributed by atoms with Crippen LogP contribution in [0.3, 0.4) is 0 Å². The lowest BCUT2D eigenvalue weighted by molar-refractivity contribution is 0.0920. The molecule has 1 unspecified atom stereocenters. The summed E-state index contributed by atoms with van der Waals surface area (Å²) >= 11 is 0. The molecule has 37 heavy (non-hydrogen) atoms. The van der Waals surface area contributed by atoms with Crippen molar-refractivity contribution < 1.29 is 9.18 Å². The molecule has 0 aliphatic carbocycles. The number of aromatic nitrogens is 2. The number of imidazole rings is 1. The molecule has 3 heterocycles. The molecule has 1 fully saturated rings. The van der Waals surface area contributed by atoms with E-state index in [2.05, 4.69) is 21.3 Å². The van der Waals surface area contributed by atoms with Gasteiger partial charge in [0, 0.05) is 30.9 Å². The molecule has 7 heteroatoms. The number of halogens is 1. The van der Waals surface area contributed by atoms with Crippen molar-refractivity contribution in [1.29, 1.82) is 0 Å². The third kappa shape index (κ3) is 4.50.